The molecule has 0 radical (unpaired) electrons. The van der Waals surface area contributed by atoms with Gasteiger partial charge >= 0.3 is 0 Å². The summed E-state index contributed by atoms with van der Waals surface area (Å²) in [4.78, 5) is 0. The highest BCUT2D eigenvalue weighted by Gasteiger charge is 2.16. The van der Waals surface area contributed by atoms with E-state index in [1.807, 2.05) is 0 Å². The molecule has 1 aliphatic carbocycles. The average Bonchev–Trinajstić information content (AvgIpc) is 2.10. The Morgan fingerprint density at radius 1 is 1.33 bits per heavy atom. The van der Waals surface area contributed by atoms with Gasteiger partial charge in [-0.15, -0.1) is 0 Å². The summed E-state index contributed by atoms with van der Waals surface area (Å²) in [6, 6.07) is 0. The van der Waals surface area contributed by atoms with Crippen LogP contribution in [0.3, 0.4) is 0 Å². The fourth-order valence-corrected chi connectivity index (χ4v) is 2.12. The van der Waals surface area contributed by atoms with Gasteiger partial charge in [-0.1, -0.05) is 18.1 Å². The monoisotopic (exact) mass is 168 g/mol. The zero-order chi connectivity index (χ0) is 8.97. The van der Waals surface area contributed by atoms with Gasteiger partial charge in [0.1, 0.15) is 0 Å². The second-order valence-electron chi connectivity index (χ2n) is 3.80. The van der Waals surface area contributed by atoms with Crippen LogP contribution in [0.15, 0.2) is 11.1 Å². The van der Waals surface area contributed by atoms with Crippen LogP contribution < -0.4 is 0 Å². The van der Waals surface area contributed by atoms with E-state index in [1.54, 1.807) is 11.1 Å². The van der Waals surface area contributed by atoms with Crippen LogP contribution in [0.5, 0.6) is 0 Å². The van der Waals surface area contributed by atoms with Crippen LogP contribution in [0, 0.1) is 5.92 Å². The van der Waals surface area contributed by atoms with Crippen molar-refractivity contribution in [3.63, 3.8) is 0 Å². The lowest BCUT2D eigenvalue weighted by molar-refractivity contribution is 0.238. The lowest BCUT2D eigenvalue weighted by Gasteiger charge is -2.23. The Morgan fingerprint density at radius 3 is 2.50 bits per heavy atom. The third-order valence-electron chi connectivity index (χ3n) is 3.00. The molecule has 0 unspecified atom stereocenters. The molecule has 0 saturated heterocycles. The van der Waals surface area contributed by atoms with Gasteiger partial charge in [0.05, 0.1) is 0 Å². The molecule has 1 aliphatic rings. The summed E-state index contributed by atoms with van der Waals surface area (Å²) < 4.78 is 0. The van der Waals surface area contributed by atoms with Crippen molar-refractivity contribution in [1.82, 2.24) is 0 Å². The van der Waals surface area contributed by atoms with Gasteiger partial charge in [-0.2, -0.15) is 0 Å². The molecule has 0 bridgehead atoms. The van der Waals surface area contributed by atoms with Crippen molar-refractivity contribution in [2.75, 3.05) is 6.61 Å². The molecular formula is C11H20O. The van der Waals surface area contributed by atoms with Crippen molar-refractivity contribution in [2.45, 2.75) is 46.0 Å². The molecular weight excluding hydrogens is 148 g/mol. The minimum atomic E-state index is 0.336. The van der Waals surface area contributed by atoms with E-state index in [4.69, 9.17) is 5.11 Å². The van der Waals surface area contributed by atoms with Gasteiger partial charge < -0.3 is 5.11 Å². The Morgan fingerprint density at radius 2 is 2.00 bits per heavy atom. The Kier molecular flexibility index (Phi) is 3.80. The highest BCUT2D eigenvalue weighted by molar-refractivity contribution is 5.17. The van der Waals surface area contributed by atoms with Crippen LogP contribution in [0.1, 0.15) is 46.0 Å². The van der Waals surface area contributed by atoms with Crippen LogP contribution in [0.2, 0.25) is 0 Å². The maximum absolute atomic E-state index is 9.16. The Hall–Kier alpha value is -0.300. The van der Waals surface area contributed by atoms with Crippen molar-refractivity contribution >= 4 is 0 Å². The van der Waals surface area contributed by atoms with E-state index in [0.717, 1.165) is 6.42 Å². The number of hydrogen-bond acceptors (Lipinski definition) is 1. The number of aliphatic hydroxyl groups excluding tert-OH is 1. The summed E-state index contributed by atoms with van der Waals surface area (Å²) in [5, 5.41) is 9.16. The summed E-state index contributed by atoms with van der Waals surface area (Å²) >= 11 is 0. The van der Waals surface area contributed by atoms with E-state index in [-0.39, 0.29) is 0 Å². The maximum atomic E-state index is 9.16. The summed E-state index contributed by atoms with van der Waals surface area (Å²) in [5.74, 6) is 0.449. The molecule has 12 heavy (non-hydrogen) atoms. The first-order valence-electron chi connectivity index (χ1n) is 5.09. The summed E-state index contributed by atoms with van der Waals surface area (Å²) in [5.41, 5.74) is 3.09. The predicted molar refractivity (Wildman–Crippen MR) is 52.0 cm³/mol. The standard InChI is InChI=1S/C11H20O/c1-3-10(8-12)11-7-5-4-6-9(11)2/h10,12H,3-8H2,1-2H3/t10-/m1/s1. The van der Waals surface area contributed by atoms with Crippen LogP contribution in [-0.4, -0.2) is 11.7 Å². The highest BCUT2D eigenvalue weighted by Crippen LogP contribution is 2.30. The van der Waals surface area contributed by atoms with E-state index >= 15 is 0 Å². The molecule has 0 fully saturated rings. The zero-order valence-electron chi connectivity index (χ0n) is 8.27. The molecule has 1 nitrogen and oxygen atoms in total. The molecule has 0 aromatic rings. The van der Waals surface area contributed by atoms with Crippen LogP contribution >= 0.6 is 0 Å². The zero-order valence-corrected chi connectivity index (χ0v) is 8.27. The van der Waals surface area contributed by atoms with Crippen molar-refractivity contribution < 1.29 is 5.11 Å². The molecule has 0 amide bonds. The lowest BCUT2D eigenvalue weighted by Crippen LogP contribution is -2.12. The molecule has 70 valence electrons. The average molecular weight is 168 g/mol. The second-order valence-corrected chi connectivity index (χ2v) is 3.80. The molecule has 1 heteroatoms. The molecule has 0 aromatic heterocycles. The topological polar surface area (TPSA) is 20.2 Å². The minimum Gasteiger partial charge on any atom is -0.396 e. The van der Waals surface area contributed by atoms with Gasteiger partial charge in [-0.25, -0.2) is 0 Å². The first kappa shape index (κ1) is 9.79. The molecule has 0 aromatic carbocycles. The summed E-state index contributed by atoms with van der Waals surface area (Å²) in [7, 11) is 0. The quantitative estimate of drug-likeness (QED) is 0.642. The first-order chi connectivity index (χ1) is 5.79. The van der Waals surface area contributed by atoms with Gasteiger partial charge in [-0.05, 0) is 39.0 Å². The van der Waals surface area contributed by atoms with Crippen molar-refractivity contribution in [3.8, 4) is 0 Å². The highest BCUT2D eigenvalue weighted by atomic mass is 16.3. The van der Waals surface area contributed by atoms with E-state index < -0.39 is 0 Å². The number of rotatable bonds is 3. The Bertz CT molecular complexity index is 166. The fraction of sp³-hybridized carbons (Fsp3) is 0.818. The predicted octanol–water partition coefficient (Wildman–Crippen LogP) is 2.90. The van der Waals surface area contributed by atoms with Gasteiger partial charge in [-0.3, -0.25) is 0 Å². The number of aliphatic hydroxyl groups is 1. The number of hydrogen-bond donors (Lipinski definition) is 1. The van der Waals surface area contributed by atoms with Crippen molar-refractivity contribution in [1.29, 1.82) is 0 Å². The van der Waals surface area contributed by atoms with Gasteiger partial charge in [0.25, 0.3) is 0 Å². The molecule has 0 heterocycles. The molecule has 1 N–H and O–H groups in total. The van der Waals surface area contributed by atoms with E-state index in [0.29, 0.717) is 12.5 Å². The summed E-state index contributed by atoms with van der Waals surface area (Å²) in [6.07, 6.45) is 6.24. The van der Waals surface area contributed by atoms with Gasteiger partial charge in [0.2, 0.25) is 0 Å². The molecule has 0 saturated carbocycles. The minimum absolute atomic E-state index is 0.336. The molecule has 1 rings (SSSR count). The van der Waals surface area contributed by atoms with E-state index in [1.165, 1.54) is 25.7 Å². The van der Waals surface area contributed by atoms with E-state index in [2.05, 4.69) is 13.8 Å². The summed E-state index contributed by atoms with van der Waals surface area (Å²) in [6.45, 7) is 4.73. The Labute approximate surface area is 75.5 Å². The van der Waals surface area contributed by atoms with Crippen molar-refractivity contribution in [3.05, 3.63) is 11.1 Å². The molecule has 0 spiro atoms. The van der Waals surface area contributed by atoms with Gasteiger partial charge in [0.15, 0.2) is 0 Å². The lowest BCUT2D eigenvalue weighted by atomic mass is 9.84. The van der Waals surface area contributed by atoms with Crippen LogP contribution in [-0.2, 0) is 0 Å². The smallest absolute Gasteiger partial charge is 0.0496 e. The number of allylic oxidation sites excluding steroid dienone is 1. The first-order valence-corrected chi connectivity index (χ1v) is 5.09. The molecule has 1 atom stereocenters. The Balaban J connectivity index is 2.68. The second kappa shape index (κ2) is 4.66. The van der Waals surface area contributed by atoms with Crippen LogP contribution in [0.25, 0.3) is 0 Å². The molecule has 0 aliphatic heterocycles. The van der Waals surface area contributed by atoms with Crippen molar-refractivity contribution in [2.24, 2.45) is 5.92 Å². The van der Waals surface area contributed by atoms with Gasteiger partial charge in [0, 0.05) is 12.5 Å². The maximum Gasteiger partial charge on any atom is 0.0496 e. The third-order valence-corrected chi connectivity index (χ3v) is 3.00. The SMILES string of the molecule is CC[C@H](CO)C1=C(C)CCCC1. The van der Waals surface area contributed by atoms with Crippen LogP contribution in [0.4, 0.5) is 0 Å². The third kappa shape index (κ3) is 2.10. The normalized spacial score (nSPS) is 21.2. The fourth-order valence-electron chi connectivity index (χ4n) is 2.12. The van der Waals surface area contributed by atoms with E-state index in [9.17, 15) is 0 Å². The largest absolute Gasteiger partial charge is 0.396 e.